The Bertz CT molecular complexity index is 637. The summed E-state index contributed by atoms with van der Waals surface area (Å²) in [5.41, 5.74) is 1.12. The zero-order valence-corrected chi connectivity index (χ0v) is 15.2. The number of rotatable bonds is 4. The average molecular weight is 347 g/mol. The van der Waals surface area contributed by atoms with E-state index in [4.69, 9.17) is 14.2 Å². The lowest BCUT2D eigenvalue weighted by Crippen LogP contribution is -2.36. The summed E-state index contributed by atoms with van der Waals surface area (Å²) < 4.78 is 15.3. The van der Waals surface area contributed by atoms with Crippen LogP contribution in [0.25, 0.3) is 6.08 Å². The Hall–Kier alpha value is -2.34. The first-order valence-electron chi connectivity index (χ1n) is 8.26. The van der Waals surface area contributed by atoms with Crippen LogP contribution in [0.5, 0.6) is 0 Å². The number of esters is 2. The van der Waals surface area contributed by atoms with E-state index in [0.717, 1.165) is 37.6 Å². The second-order valence-electron chi connectivity index (χ2n) is 6.83. The van der Waals surface area contributed by atoms with Gasteiger partial charge in [-0.25, -0.2) is 4.79 Å². The van der Waals surface area contributed by atoms with Gasteiger partial charge in [-0.05, 0) is 44.5 Å². The number of methoxy groups -OCH3 is 1. The summed E-state index contributed by atoms with van der Waals surface area (Å²) >= 11 is 0. The fourth-order valence-electron chi connectivity index (χ4n) is 2.24. The first-order chi connectivity index (χ1) is 11.8. The summed E-state index contributed by atoms with van der Waals surface area (Å²) in [6.45, 7) is 8.31. The summed E-state index contributed by atoms with van der Waals surface area (Å²) in [6.07, 6.45) is 1.51. The third-order valence-electron chi connectivity index (χ3n) is 3.77. The fraction of sp³-hybridized carbons (Fsp3) is 0.474. The van der Waals surface area contributed by atoms with Crippen LogP contribution in [0.3, 0.4) is 0 Å². The van der Waals surface area contributed by atoms with Crippen LogP contribution < -0.4 is 4.90 Å². The van der Waals surface area contributed by atoms with Gasteiger partial charge in [0.1, 0.15) is 0 Å². The molecule has 25 heavy (non-hydrogen) atoms. The quantitative estimate of drug-likeness (QED) is 0.474. The van der Waals surface area contributed by atoms with E-state index in [1.165, 1.54) is 13.2 Å². The molecule has 6 heteroatoms. The predicted molar refractivity (Wildman–Crippen MR) is 95.0 cm³/mol. The van der Waals surface area contributed by atoms with E-state index >= 15 is 0 Å². The summed E-state index contributed by atoms with van der Waals surface area (Å²) in [6, 6.07) is 7.69. The van der Waals surface area contributed by atoms with Gasteiger partial charge in [0, 0.05) is 18.8 Å². The summed E-state index contributed by atoms with van der Waals surface area (Å²) in [7, 11) is 1.25. The number of morpholine rings is 1. The molecule has 0 amide bonds. The highest BCUT2D eigenvalue weighted by Gasteiger charge is 2.27. The topological polar surface area (TPSA) is 65.1 Å². The van der Waals surface area contributed by atoms with Crippen LogP contribution in [-0.2, 0) is 23.8 Å². The summed E-state index contributed by atoms with van der Waals surface area (Å²) in [4.78, 5) is 26.2. The molecule has 0 radical (unpaired) electrons. The molecule has 136 valence electrons. The lowest BCUT2D eigenvalue weighted by atomic mass is 9.97. The van der Waals surface area contributed by atoms with Crippen molar-refractivity contribution < 1.29 is 23.8 Å². The minimum absolute atomic E-state index is 0.124. The molecular weight excluding hydrogens is 322 g/mol. The molecule has 1 aromatic rings. The monoisotopic (exact) mass is 347 g/mol. The Morgan fingerprint density at radius 3 is 2.24 bits per heavy atom. The van der Waals surface area contributed by atoms with Gasteiger partial charge in [0.05, 0.1) is 25.7 Å². The average Bonchev–Trinajstić information content (AvgIpc) is 2.61. The lowest BCUT2D eigenvalue weighted by Gasteiger charge is -2.28. The molecule has 0 aliphatic carbocycles. The third kappa shape index (κ3) is 5.32. The number of ether oxygens (including phenoxy) is 3. The number of carbonyl (C=O) groups excluding carboxylic acids is 2. The van der Waals surface area contributed by atoms with Crippen LogP contribution in [0.4, 0.5) is 5.69 Å². The molecule has 1 aliphatic rings. The highest BCUT2D eigenvalue weighted by atomic mass is 16.6. The molecule has 0 spiro atoms. The summed E-state index contributed by atoms with van der Waals surface area (Å²) in [5, 5.41) is 0. The van der Waals surface area contributed by atoms with Crippen molar-refractivity contribution in [3.63, 3.8) is 0 Å². The highest BCUT2D eigenvalue weighted by molar-refractivity contribution is 5.94. The van der Waals surface area contributed by atoms with Crippen LogP contribution in [-0.4, -0.2) is 45.4 Å². The molecular formula is C19H25NO5. The van der Waals surface area contributed by atoms with Gasteiger partial charge < -0.3 is 19.1 Å². The Balaban J connectivity index is 2.17. The van der Waals surface area contributed by atoms with Crippen LogP contribution in [0.2, 0.25) is 0 Å². The van der Waals surface area contributed by atoms with Gasteiger partial charge in [0.25, 0.3) is 0 Å². The number of anilines is 1. The van der Waals surface area contributed by atoms with E-state index in [9.17, 15) is 9.59 Å². The summed E-state index contributed by atoms with van der Waals surface area (Å²) in [5.74, 6) is -1.30. The molecule has 0 saturated carbocycles. The van der Waals surface area contributed by atoms with Gasteiger partial charge in [0.15, 0.2) is 0 Å². The zero-order chi connectivity index (χ0) is 18.4. The predicted octanol–water partition coefficient (Wildman–Crippen LogP) is 2.63. The Morgan fingerprint density at radius 1 is 1.12 bits per heavy atom. The number of nitrogens with zero attached hydrogens (tertiary/aromatic N) is 1. The Kier molecular flexibility index (Phi) is 6.20. The van der Waals surface area contributed by atoms with Gasteiger partial charge in [-0.3, -0.25) is 4.79 Å². The molecule has 2 rings (SSSR count). The van der Waals surface area contributed by atoms with E-state index in [-0.39, 0.29) is 5.76 Å². The molecule has 1 heterocycles. The normalized spacial score (nSPS) is 15.7. The molecule has 0 N–H and O–H groups in total. The van der Waals surface area contributed by atoms with Gasteiger partial charge >= 0.3 is 11.9 Å². The first-order valence-corrected chi connectivity index (χ1v) is 8.26. The molecule has 0 unspecified atom stereocenters. The van der Waals surface area contributed by atoms with Crippen LogP contribution in [0.15, 0.2) is 30.0 Å². The maximum atomic E-state index is 12.1. The van der Waals surface area contributed by atoms with Gasteiger partial charge in [-0.15, -0.1) is 0 Å². The van der Waals surface area contributed by atoms with Crippen molar-refractivity contribution in [3.8, 4) is 0 Å². The first kappa shape index (κ1) is 19.0. The number of carbonyl (C=O) groups is 2. The minimum Gasteiger partial charge on any atom is -0.463 e. The van der Waals surface area contributed by atoms with Crippen molar-refractivity contribution in [3.05, 3.63) is 35.6 Å². The van der Waals surface area contributed by atoms with Crippen LogP contribution in [0.1, 0.15) is 26.3 Å². The van der Waals surface area contributed by atoms with Crippen LogP contribution >= 0.6 is 0 Å². The van der Waals surface area contributed by atoms with E-state index in [1.54, 1.807) is 20.8 Å². The van der Waals surface area contributed by atoms with Crippen molar-refractivity contribution in [2.45, 2.75) is 20.8 Å². The van der Waals surface area contributed by atoms with Crippen molar-refractivity contribution in [1.82, 2.24) is 0 Å². The second-order valence-corrected chi connectivity index (χ2v) is 6.83. The molecule has 0 aromatic heterocycles. The molecule has 6 nitrogen and oxygen atoms in total. The van der Waals surface area contributed by atoms with Crippen molar-refractivity contribution in [2.24, 2.45) is 5.41 Å². The largest absolute Gasteiger partial charge is 0.463 e. The molecule has 0 atom stereocenters. The standard InChI is InChI=1S/C19H25NO5/c1-19(2,3)18(22)25-16(17(21)23-4)13-14-5-7-15(8-6-14)20-9-11-24-12-10-20/h5-8,13H,9-12H2,1-4H3/b16-13-. The smallest absolute Gasteiger partial charge is 0.374 e. The van der Waals surface area contributed by atoms with E-state index in [0.29, 0.717) is 0 Å². The van der Waals surface area contributed by atoms with E-state index in [2.05, 4.69) is 4.90 Å². The highest BCUT2D eigenvalue weighted by Crippen LogP contribution is 2.21. The number of hydrogen-bond donors (Lipinski definition) is 0. The second kappa shape index (κ2) is 8.16. The van der Waals surface area contributed by atoms with Crippen molar-refractivity contribution >= 4 is 23.7 Å². The molecule has 1 saturated heterocycles. The lowest BCUT2D eigenvalue weighted by molar-refractivity contribution is -0.155. The molecule has 0 bridgehead atoms. The maximum Gasteiger partial charge on any atom is 0.374 e. The van der Waals surface area contributed by atoms with E-state index in [1.807, 2.05) is 24.3 Å². The fourth-order valence-corrected chi connectivity index (χ4v) is 2.24. The number of benzene rings is 1. The van der Waals surface area contributed by atoms with Gasteiger partial charge in [-0.2, -0.15) is 0 Å². The van der Waals surface area contributed by atoms with Crippen LogP contribution in [0, 0.1) is 5.41 Å². The van der Waals surface area contributed by atoms with Gasteiger partial charge in [-0.1, -0.05) is 12.1 Å². The van der Waals surface area contributed by atoms with E-state index < -0.39 is 17.4 Å². The maximum absolute atomic E-state index is 12.1. The minimum atomic E-state index is -0.715. The molecule has 1 aliphatic heterocycles. The molecule has 1 aromatic carbocycles. The van der Waals surface area contributed by atoms with Gasteiger partial charge in [0.2, 0.25) is 5.76 Å². The molecule has 1 fully saturated rings. The number of hydrogen-bond acceptors (Lipinski definition) is 6. The van der Waals surface area contributed by atoms with Crippen molar-refractivity contribution in [2.75, 3.05) is 38.3 Å². The Morgan fingerprint density at radius 2 is 1.72 bits per heavy atom. The third-order valence-corrected chi connectivity index (χ3v) is 3.77. The zero-order valence-electron chi connectivity index (χ0n) is 15.2. The Labute approximate surface area is 148 Å². The van der Waals surface area contributed by atoms with Crippen molar-refractivity contribution in [1.29, 1.82) is 0 Å². The SMILES string of the molecule is COC(=O)/C(=C/c1ccc(N2CCOCC2)cc1)OC(=O)C(C)(C)C.